The number of hydrogen-bond acceptors (Lipinski definition) is 5. The minimum Gasteiger partial charge on any atom is -0.441 e. The maximum absolute atomic E-state index is 12.5. The highest BCUT2D eigenvalue weighted by molar-refractivity contribution is 7.91. The van der Waals surface area contributed by atoms with Crippen LogP contribution in [0.25, 0.3) is 0 Å². The number of nitrogens with one attached hydrogen (secondary N) is 1. The van der Waals surface area contributed by atoms with Gasteiger partial charge in [0.1, 0.15) is 9.81 Å². The van der Waals surface area contributed by atoms with Crippen LogP contribution in [0.1, 0.15) is 19.3 Å². The highest BCUT2D eigenvalue weighted by Gasteiger charge is 2.43. The second-order valence-corrected chi connectivity index (χ2v) is 8.23. The molecule has 1 aromatic rings. The predicted molar refractivity (Wildman–Crippen MR) is 74.1 cm³/mol. The van der Waals surface area contributed by atoms with Crippen LogP contribution < -0.4 is 5.32 Å². The largest absolute Gasteiger partial charge is 0.441 e. The summed E-state index contributed by atoms with van der Waals surface area (Å²) in [6, 6.07) is 3.36. The van der Waals surface area contributed by atoms with Gasteiger partial charge in [0.15, 0.2) is 0 Å². The lowest BCUT2D eigenvalue weighted by atomic mass is 9.95. The molecule has 0 aliphatic carbocycles. The Bertz CT molecular complexity index is 599. The van der Waals surface area contributed by atoms with Gasteiger partial charge in [-0.25, -0.2) is 13.2 Å². The van der Waals surface area contributed by atoms with E-state index in [9.17, 15) is 13.2 Å². The Hall–Kier alpha value is -1.12. The van der Waals surface area contributed by atoms with Gasteiger partial charge in [0.25, 0.3) is 10.0 Å². The molecule has 3 heterocycles. The molecule has 0 radical (unpaired) electrons. The fourth-order valence-corrected chi connectivity index (χ4v) is 5.33. The van der Waals surface area contributed by atoms with E-state index in [1.165, 1.54) is 15.6 Å². The van der Waals surface area contributed by atoms with Crippen molar-refractivity contribution in [2.45, 2.75) is 29.1 Å². The molecular formula is C12H16N2O4S2. The summed E-state index contributed by atoms with van der Waals surface area (Å²) in [5, 5.41) is 4.42. The highest BCUT2D eigenvalue weighted by atomic mass is 32.2. The van der Waals surface area contributed by atoms with Gasteiger partial charge >= 0.3 is 6.09 Å². The van der Waals surface area contributed by atoms with Crippen molar-refractivity contribution in [1.82, 2.24) is 9.62 Å². The standard InChI is InChI=1S/C12H16N2O4S2/c15-11-13-9-12(18-11)4-2-6-14(7-5-12)20(16,17)10-3-1-8-19-10/h1,3,8H,2,4-7,9H2,(H,13,15). The molecule has 20 heavy (non-hydrogen) atoms. The van der Waals surface area contributed by atoms with E-state index in [0.717, 1.165) is 0 Å². The van der Waals surface area contributed by atoms with Gasteiger partial charge in [0.2, 0.25) is 0 Å². The molecule has 1 spiro atoms. The second kappa shape index (κ2) is 5.01. The number of thiophene rings is 1. The van der Waals surface area contributed by atoms with Crippen molar-refractivity contribution in [3.63, 3.8) is 0 Å². The third-order valence-corrected chi connectivity index (χ3v) is 7.08. The van der Waals surface area contributed by atoms with Crippen molar-refractivity contribution in [2.75, 3.05) is 19.6 Å². The molecule has 110 valence electrons. The molecule has 1 amide bonds. The van der Waals surface area contributed by atoms with Crippen LogP contribution in [0.15, 0.2) is 21.7 Å². The van der Waals surface area contributed by atoms with Gasteiger partial charge in [-0.3, -0.25) is 0 Å². The van der Waals surface area contributed by atoms with Crippen molar-refractivity contribution < 1.29 is 17.9 Å². The molecule has 2 fully saturated rings. The Morgan fingerprint density at radius 3 is 2.85 bits per heavy atom. The molecule has 1 N–H and O–H groups in total. The van der Waals surface area contributed by atoms with E-state index in [-0.39, 0.29) is 0 Å². The zero-order chi connectivity index (χ0) is 14.2. The maximum Gasteiger partial charge on any atom is 0.407 e. The van der Waals surface area contributed by atoms with E-state index in [1.807, 2.05) is 0 Å². The van der Waals surface area contributed by atoms with E-state index < -0.39 is 21.7 Å². The van der Waals surface area contributed by atoms with Gasteiger partial charge in [-0.1, -0.05) is 6.07 Å². The zero-order valence-corrected chi connectivity index (χ0v) is 12.5. The second-order valence-electron chi connectivity index (χ2n) is 5.12. The first kappa shape index (κ1) is 13.8. The summed E-state index contributed by atoms with van der Waals surface area (Å²) in [5.74, 6) is 0. The number of carbonyl (C=O) groups is 1. The topological polar surface area (TPSA) is 75.7 Å². The number of ether oxygens (including phenoxy) is 1. The van der Waals surface area contributed by atoms with Gasteiger partial charge in [-0.15, -0.1) is 11.3 Å². The smallest absolute Gasteiger partial charge is 0.407 e. The first-order valence-corrected chi connectivity index (χ1v) is 8.84. The summed E-state index contributed by atoms with van der Waals surface area (Å²) in [4.78, 5) is 11.2. The maximum atomic E-state index is 12.5. The van der Waals surface area contributed by atoms with Crippen LogP contribution in [0.5, 0.6) is 0 Å². The van der Waals surface area contributed by atoms with Crippen LogP contribution in [0, 0.1) is 0 Å². The molecule has 1 unspecified atom stereocenters. The number of rotatable bonds is 2. The van der Waals surface area contributed by atoms with E-state index >= 15 is 0 Å². The third kappa shape index (κ3) is 2.43. The molecular weight excluding hydrogens is 300 g/mol. The average Bonchev–Trinajstić information content (AvgIpc) is 2.99. The summed E-state index contributed by atoms with van der Waals surface area (Å²) >= 11 is 1.23. The van der Waals surface area contributed by atoms with Gasteiger partial charge in [0.05, 0.1) is 6.54 Å². The SMILES string of the molecule is O=C1NCC2(CCCN(S(=O)(=O)c3cccs3)CC2)O1. The Morgan fingerprint density at radius 2 is 2.20 bits per heavy atom. The van der Waals surface area contributed by atoms with E-state index in [1.54, 1.807) is 17.5 Å². The summed E-state index contributed by atoms with van der Waals surface area (Å²) in [6.45, 7) is 1.33. The first-order chi connectivity index (χ1) is 9.52. The van der Waals surface area contributed by atoms with Crippen molar-refractivity contribution in [3.05, 3.63) is 17.5 Å². The zero-order valence-electron chi connectivity index (χ0n) is 10.9. The fraction of sp³-hybridized carbons (Fsp3) is 0.583. The lowest BCUT2D eigenvalue weighted by Gasteiger charge is -2.24. The Morgan fingerprint density at radius 1 is 1.35 bits per heavy atom. The number of alkyl carbamates (subject to hydrolysis) is 1. The molecule has 2 aliphatic rings. The number of amides is 1. The molecule has 6 nitrogen and oxygen atoms in total. The van der Waals surface area contributed by atoms with Crippen molar-refractivity contribution in [2.24, 2.45) is 0 Å². The molecule has 0 aromatic carbocycles. The molecule has 1 aromatic heterocycles. The van der Waals surface area contributed by atoms with Crippen LogP contribution in [-0.2, 0) is 14.8 Å². The van der Waals surface area contributed by atoms with Crippen molar-refractivity contribution in [1.29, 1.82) is 0 Å². The minimum absolute atomic E-state index is 0.370. The minimum atomic E-state index is -3.41. The Kier molecular flexibility index (Phi) is 3.47. The van der Waals surface area contributed by atoms with Crippen LogP contribution >= 0.6 is 11.3 Å². The van der Waals surface area contributed by atoms with E-state index in [0.29, 0.717) is 43.1 Å². The number of sulfonamides is 1. The number of carbonyl (C=O) groups excluding carboxylic acids is 1. The molecule has 2 saturated heterocycles. The van der Waals surface area contributed by atoms with E-state index in [4.69, 9.17) is 4.74 Å². The summed E-state index contributed by atoms with van der Waals surface area (Å²) in [7, 11) is -3.41. The molecule has 8 heteroatoms. The number of hydrogen-bond donors (Lipinski definition) is 1. The predicted octanol–water partition coefficient (Wildman–Crippen LogP) is 1.40. The van der Waals surface area contributed by atoms with Crippen molar-refractivity contribution in [3.8, 4) is 0 Å². The normalized spacial score (nSPS) is 28.1. The lowest BCUT2D eigenvalue weighted by molar-refractivity contribution is 0.0460. The van der Waals surface area contributed by atoms with Gasteiger partial charge < -0.3 is 10.1 Å². The monoisotopic (exact) mass is 316 g/mol. The fourth-order valence-electron chi connectivity index (χ4n) is 2.70. The lowest BCUT2D eigenvalue weighted by Crippen LogP contribution is -2.36. The van der Waals surface area contributed by atoms with Crippen LogP contribution in [0.3, 0.4) is 0 Å². The Balaban J connectivity index is 1.76. The average molecular weight is 316 g/mol. The quantitative estimate of drug-likeness (QED) is 0.895. The molecule has 2 aliphatic heterocycles. The van der Waals surface area contributed by atoms with Crippen LogP contribution in [-0.4, -0.2) is 44.1 Å². The first-order valence-electron chi connectivity index (χ1n) is 6.52. The van der Waals surface area contributed by atoms with Crippen LogP contribution in [0.2, 0.25) is 0 Å². The number of nitrogens with zero attached hydrogens (tertiary/aromatic N) is 1. The van der Waals surface area contributed by atoms with Crippen molar-refractivity contribution >= 4 is 27.5 Å². The van der Waals surface area contributed by atoms with Crippen LogP contribution in [0.4, 0.5) is 4.79 Å². The molecule has 0 saturated carbocycles. The van der Waals surface area contributed by atoms with Gasteiger partial charge in [0, 0.05) is 19.5 Å². The van der Waals surface area contributed by atoms with Gasteiger partial charge in [-0.2, -0.15) is 4.31 Å². The third-order valence-electron chi connectivity index (χ3n) is 3.81. The van der Waals surface area contributed by atoms with E-state index in [2.05, 4.69) is 5.32 Å². The highest BCUT2D eigenvalue weighted by Crippen LogP contribution is 2.31. The molecule has 3 rings (SSSR count). The summed E-state index contributed by atoms with van der Waals surface area (Å²) in [5.41, 5.74) is -0.531. The Labute approximate surface area is 121 Å². The summed E-state index contributed by atoms with van der Waals surface area (Å²) < 4.78 is 32.2. The van der Waals surface area contributed by atoms with Gasteiger partial charge in [-0.05, 0) is 24.3 Å². The molecule has 0 bridgehead atoms. The molecule has 1 atom stereocenters. The summed E-state index contributed by atoms with van der Waals surface area (Å²) in [6.07, 6.45) is 1.53.